The van der Waals surface area contributed by atoms with E-state index in [2.05, 4.69) is 4.98 Å². The Hall–Kier alpha value is -2.36. The predicted octanol–water partition coefficient (Wildman–Crippen LogP) is 3.35. The van der Waals surface area contributed by atoms with Gasteiger partial charge in [-0.25, -0.2) is 0 Å². The van der Waals surface area contributed by atoms with Gasteiger partial charge in [0.05, 0.1) is 0 Å². The van der Waals surface area contributed by atoms with Crippen LogP contribution in [0.15, 0.2) is 48.8 Å². The first-order valence-electron chi connectivity index (χ1n) is 8.06. The van der Waals surface area contributed by atoms with E-state index >= 15 is 0 Å². The third-order valence-corrected chi connectivity index (χ3v) is 4.02. The maximum absolute atomic E-state index is 12.8. The number of hydrogen-bond donors (Lipinski definition) is 0. The number of ether oxygens (including phenoxy) is 1. The normalized spacial score (nSPS) is 15.0. The van der Waals surface area contributed by atoms with Crippen LogP contribution in [0.5, 0.6) is 5.75 Å². The van der Waals surface area contributed by atoms with Gasteiger partial charge in [-0.1, -0.05) is 12.1 Å². The largest absolute Gasteiger partial charge is 0.481 e. The van der Waals surface area contributed by atoms with E-state index in [1.54, 1.807) is 12.4 Å². The summed E-state index contributed by atoms with van der Waals surface area (Å²) >= 11 is 0. The zero-order valence-electron chi connectivity index (χ0n) is 13.6. The summed E-state index contributed by atoms with van der Waals surface area (Å²) < 4.78 is 5.85. The Kier molecular flexibility index (Phi) is 4.60. The van der Waals surface area contributed by atoms with Crippen LogP contribution < -0.4 is 4.74 Å². The van der Waals surface area contributed by atoms with Gasteiger partial charge < -0.3 is 9.64 Å². The summed E-state index contributed by atoms with van der Waals surface area (Å²) in [5.74, 6) is 0.788. The Morgan fingerprint density at radius 1 is 1.30 bits per heavy atom. The molecule has 0 saturated heterocycles. The van der Waals surface area contributed by atoms with E-state index in [0.29, 0.717) is 12.6 Å². The van der Waals surface area contributed by atoms with Crippen LogP contribution in [0.3, 0.4) is 0 Å². The highest BCUT2D eigenvalue weighted by molar-refractivity contribution is 5.81. The molecule has 1 aliphatic rings. The van der Waals surface area contributed by atoms with E-state index in [1.165, 1.54) is 0 Å². The Labute approximate surface area is 137 Å². The highest BCUT2D eigenvalue weighted by Gasteiger charge is 2.35. The molecule has 4 heteroatoms. The maximum Gasteiger partial charge on any atom is 0.263 e. The highest BCUT2D eigenvalue weighted by atomic mass is 16.5. The average Bonchev–Trinajstić information content (AvgIpc) is 3.38. The zero-order valence-corrected chi connectivity index (χ0v) is 13.6. The number of aryl methyl sites for hydroxylation is 1. The number of carbonyl (C=O) groups excluding carboxylic acids is 1. The van der Waals surface area contributed by atoms with Crippen molar-refractivity contribution < 1.29 is 9.53 Å². The van der Waals surface area contributed by atoms with Gasteiger partial charge in [-0.3, -0.25) is 9.78 Å². The van der Waals surface area contributed by atoms with Crippen LogP contribution >= 0.6 is 0 Å². The first kappa shape index (κ1) is 15.5. The van der Waals surface area contributed by atoms with E-state index in [1.807, 2.05) is 55.1 Å². The second-order valence-corrected chi connectivity index (χ2v) is 6.13. The standard InChI is InChI=1S/C19H22N2O2/c1-14-4-3-5-18(12-14)23-15(2)19(22)21(17-6-7-17)13-16-8-10-20-11-9-16/h3-5,8-12,15,17H,6-7,13H2,1-2H3. The maximum atomic E-state index is 12.8. The molecular formula is C19H22N2O2. The molecular weight excluding hydrogens is 288 g/mol. The van der Waals surface area contributed by atoms with Gasteiger partial charge in [0.1, 0.15) is 5.75 Å². The van der Waals surface area contributed by atoms with Gasteiger partial charge in [0.15, 0.2) is 6.10 Å². The van der Waals surface area contributed by atoms with Crippen molar-refractivity contribution in [2.75, 3.05) is 0 Å². The van der Waals surface area contributed by atoms with Crippen molar-refractivity contribution in [3.05, 3.63) is 59.9 Å². The Morgan fingerprint density at radius 3 is 2.70 bits per heavy atom. The quantitative estimate of drug-likeness (QED) is 0.822. The molecule has 1 aliphatic carbocycles. The molecule has 0 bridgehead atoms. The second-order valence-electron chi connectivity index (χ2n) is 6.13. The number of hydrogen-bond acceptors (Lipinski definition) is 3. The predicted molar refractivity (Wildman–Crippen MR) is 89.1 cm³/mol. The van der Waals surface area contributed by atoms with Crippen LogP contribution in [0.4, 0.5) is 0 Å². The van der Waals surface area contributed by atoms with Gasteiger partial charge in [0.25, 0.3) is 5.91 Å². The summed E-state index contributed by atoms with van der Waals surface area (Å²) in [6.07, 6.45) is 5.19. The molecule has 1 amide bonds. The third kappa shape index (κ3) is 4.09. The lowest BCUT2D eigenvalue weighted by molar-refractivity contribution is -0.139. The molecule has 0 radical (unpaired) electrons. The minimum absolute atomic E-state index is 0.0471. The minimum atomic E-state index is -0.487. The fraction of sp³-hybridized carbons (Fsp3) is 0.368. The van der Waals surface area contributed by atoms with Crippen molar-refractivity contribution in [1.82, 2.24) is 9.88 Å². The smallest absolute Gasteiger partial charge is 0.263 e. The molecule has 0 spiro atoms. The molecule has 1 aromatic carbocycles. The first-order valence-corrected chi connectivity index (χ1v) is 8.06. The van der Waals surface area contributed by atoms with E-state index in [4.69, 9.17) is 4.74 Å². The fourth-order valence-corrected chi connectivity index (χ4v) is 2.63. The van der Waals surface area contributed by atoms with Crippen molar-refractivity contribution in [3.8, 4) is 5.75 Å². The molecule has 2 aromatic rings. The van der Waals surface area contributed by atoms with Gasteiger partial charge in [0, 0.05) is 25.0 Å². The molecule has 120 valence electrons. The molecule has 1 aromatic heterocycles. The van der Waals surface area contributed by atoms with Crippen molar-refractivity contribution in [3.63, 3.8) is 0 Å². The summed E-state index contributed by atoms with van der Waals surface area (Å²) in [6, 6.07) is 12.1. The van der Waals surface area contributed by atoms with Gasteiger partial charge >= 0.3 is 0 Å². The van der Waals surface area contributed by atoms with Crippen molar-refractivity contribution in [2.45, 2.75) is 45.4 Å². The van der Waals surface area contributed by atoms with Crippen LogP contribution in [-0.4, -0.2) is 27.9 Å². The van der Waals surface area contributed by atoms with Crippen molar-refractivity contribution in [1.29, 1.82) is 0 Å². The summed E-state index contributed by atoms with van der Waals surface area (Å²) in [5.41, 5.74) is 2.22. The summed E-state index contributed by atoms with van der Waals surface area (Å²) in [6.45, 7) is 4.46. The highest BCUT2D eigenvalue weighted by Crippen LogP contribution is 2.29. The minimum Gasteiger partial charge on any atom is -0.481 e. The zero-order chi connectivity index (χ0) is 16.2. The van der Waals surface area contributed by atoms with Gasteiger partial charge in [-0.05, 0) is 62.1 Å². The van der Waals surface area contributed by atoms with Gasteiger partial charge in [0.2, 0.25) is 0 Å². The number of amides is 1. The van der Waals surface area contributed by atoms with E-state index < -0.39 is 6.10 Å². The number of nitrogens with zero attached hydrogens (tertiary/aromatic N) is 2. The number of rotatable bonds is 6. The molecule has 4 nitrogen and oxygen atoms in total. The fourth-order valence-electron chi connectivity index (χ4n) is 2.63. The molecule has 1 saturated carbocycles. The van der Waals surface area contributed by atoms with E-state index in [0.717, 1.165) is 29.7 Å². The van der Waals surface area contributed by atoms with Crippen LogP contribution in [-0.2, 0) is 11.3 Å². The Balaban J connectivity index is 1.68. The van der Waals surface area contributed by atoms with Gasteiger partial charge in [-0.15, -0.1) is 0 Å². The topological polar surface area (TPSA) is 42.4 Å². The van der Waals surface area contributed by atoms with Crippen LogP contribution in [0.25, 0.3) is 0 Å². The Morgan fingerprint density at radius 2 is 2.04 bits per heavy atom. The monoisotopic (exact) mass is 310 g/mol. The second kappa shape index (κ2) is 6.82. The third-order valence-electron chi connectivity index (χ3n) is 4.02. The number of pyridine rings is 1. The average molecular weight is 310 g/mol. The number of benzene rings is 1. The van der Waals surface area contributed by atoms with Crippen LogP contribution in [0.1, 0.15) is 30.9 Å². The summed E-state index contributed by atoms with van der Waals surface area (Å²) in [7, 11) is 0. The van der Waals surface area contributed by atoms with E-state index in [-0.39, 0.29) is 5.91 Å². The van der Waals surface area contributed by atoms with Gasteiger partial charge in [-0.2, -0.15) is 0 Å². The van der Waals surface area contributed by atoms with Crippen molar-refractivity contribution in [2.24, 2.45) is 0 Å². The molecule has 0 N–H and O–H groups in total. The number of aromatic nitrogens is 1. The molecule has 1 unspecified atom stereocenters. The molecule has 23 heavy (non-hydrogen) atoms. The van der Waals surface area contributed by atoms with Crippen molar-refractivity contribution >= 4 is 5.91 Å². The van der Waals surface area contributed by atoms with E-state index in [9.17, 15) is 4.79 Å². The molecule has 0 aliphatic heterocycles. The Bertz CT molecular complexity index is 668. The molecule has 1 heterocycles. The lowest BCUT2D eigenvalue weighted by Gasteiger charge is -2.26. The van der Waals surface area contributed by atoms with Crippen LogP contribution in [0.2, 0.25) is 0 Å². The number of carbonyl (C=O) groups is 1. The summed E-state index contributed by atoms with van der Waals surface area (Å²) in [5, 5.41) is 0. The van der Waals surface area contributed by atoms with Crippen LogP contribution in [0, 0.1) is 6.92 Å². The lowest BCUT2D eigenvalue weighted by Crippen LogP contribution is -2.41. The lowest BCUT2D eigenvalue weighted by atomic mass is 10.2. The SMILES string of the molecule is Cc1cccc(OC(C)C(=O)N(Cc2ccncc2)C2CC2)c1. The molecule has 1 fully saturated rings. The molecule has 1 atom stereocenters. The first-order chi connectivity index (χ1) is 11.1. The molecule has 3 rings (SSSR count). The summed E-state index contributed by atoms with van der Waals surface area (Å²) in [4.78, 5) is 18.8.